The maximum atomic E-state index is 12.5. The second kappa shape index (κ2) is 8.67. The van der Waals surface area contributed by atoms with Crippen molar-refractivity contribution in [1.82, 2.24) is 9.88 Å². The Morgan fingerprint density at radius 2 is 1.84 bits per heavy atom. The van der Waals surface area contributed by atoms with E-state index in [1.165, 1.54) is 5.56 Å². The molecule has 0 bridgehead atoms. The standard InChI is InChI=1S/C26H28N2O3/c1-18-4-9-24-20(15-18)16-21(17-27-24)19-5-7-22(8-6-19)31-23-10-12-28(13-11-23)26(29)25-3-2-14-30-25/h4-9,15-17,23,25H,2-3,10-14H2,1H3/t25-/m1/s1. The van der Waals surface area contributed by atoms with Crippen molar-refractivity contribution >= 4 is 16.8 Å². The number of carbonyl (C=O) groups excluding carboxylic acids is 1. The van der Waals surface area contributed by atoms with Gasteiger partial charge in [-0.3, -0.25) is 9.78 Å². The molecule has 3 aromatic rings. The number of benzene rings is 2. The average molecular weight is 417 g/mol. The van der Waals surface area contributed by atoms with Gasteiger partial charge in [0, 0.05) is 49.7 Å². The Morgan fingerprint density at radius 3 is 2.58 bits per heavy atom. The first-order chi connectivity index (χ1) is 15.2. The van der Waals surface area contributed by atoms with Crippen LogP contribution in [0.1, 0.15) is 31.2 Å². The van der Waals surface area contributed by atoms with Crippen molar-refractivity contribution in [3.63, 3.8) is 0 Å². The van der Waals surface area contributed by atoms with Crippen molar-refractivity contribution in [1.29, 1.82) is 0 Å². The molecule has 0 N–H and O–H groups in total. The summed E-state index contributed by atoms with van der Waals surface area (Å²) in [7, 11) is 0. The molecule has 5 rings (SSSR count). The molecule has 3 heterocycles. The number of ether oxygens (including phenoxy) is 2. The van der Waals surface area contributed by atoms with Crippen LogP contribution in [0.2, 0.25) is 0 Å². The van der Waals surface area contributed by atoms with Crippen LogP contribution in [0.3, 0.4) is 0 Å². The number of aromatic nitrogens is 1. The molecule has 0 saturated carbocycles. The molecule has 0 radical (unpaired) electrons. The van der Waals surface area contributed by atoms with Gasteiger partial charge in [0.05, 0.1) is 5.52 Å². The molecule has 2 aliphatic heterocycles. The van der Waals surface area contributed by atoms with Crippen molar-refractivity contribution in [3.05, 3.63) is 60.3 Å². The third-order valence-electron chi connectivity index (χ3n) is 6.29. The summed E-state index contributed by atoms with van der Waals surface area (Å²) in [4.78, 5) is 19.0. The number of carbonyl (C=O) groups is 1. The van der Waals surface area contributed by atoms with Crippen molar-refractivity contribution < 1.29 is 14.3 Å². The number of pyridine rings is 1. The predicted octanol–water partition coefficient (Wildman–Crippen LogP) is 4.76. The van der Waals surface area contributed by atoms with E-state index in [4.69, 9.17) is 9.47 Å². The molecule has 1 atom stereocenters. The van der Waals surface area contributed by atoms with Crippen LogP contribution < -0.4 is 4.74 Å². The fraction of sp³-hybridized carbons (Fsp3) is 0.385. The van der Waals surface area contributed by atoms with Gasteiger partial charge in [0.2, 0.25) is 0 Å². The Kier molecular flexibility index (Phi) is 5.60. The van der Waals surface area contributed by atoms with E-state index in [2.05, 4.69) is 48.3 Å². The van der Waals surface area contributed by atoms with Crippen LogP contribution in [0.15, 0.2) is 54.7 Å². The molecule has 2 aromatic carbocycles. The third-order valence-corrected chi connectivity index (χ3v) is 6.29. The number of hydrogen-bond acceptors (Lipinski definition) is 4. The second-order valence-corrected chi connectivity index (χ2v) is 8.59. The Balaban J connectivity index is 1.20. The molecule has 0 spiro atoms. The summed E-state index contributed by atoms with van der Waals surface area (Å²) in [6.07, 6.45) is 5.40. The molecule has 31 heavy (non-hydrogen) atoms. The Morgan fingerprint density at radius 1 is 1.03 bits per heavy atom. The van der Waals surface area contributed by atoms with E-state index in [1.807, 2.05) is 23.2 Å². The maximum Gasteiger partial charge on any atom is 0.251 e. The van der Waals surface area contributed by atoms with Gasteiger partial charge in [-0.1, -0.05) is 23.8 Å². The van der Waals surface area contributed by atoms with E-state index >= 15 is 0 Å². The highest BCUT2D eigenvalue weighted by atomic mass is 16.5. The van der Waals surface area contributed by atoms with Crippen LogP contribution in [-0.4, -0.2) is 47.7 Å². The van der Waals surface area contributed by atoms with Crippen LogP contribution in [-0.2, 0) is 9.53 Å². The summed E-state index contributed by atoms with van der Waals surface area (Å²) in [6.45, 7) is 4.29. The van der Waals surface area contributed by atoms with Gasteiger partial charge in [-0.15, -0.1) is 0 Å². The molecular weight excluding hydrogens is 388 g/mol. The van der Waals surface area contributed by atoms with Gasteiger partial charge in [0.1, 0.15) is 18.0 Å². The first-order valence-corrected chi connectivity index (χ1v) is 11.2. The van der Waals surface area contributed by atoms with Gasteiger partial charge in [-0.05, 0) is 55.7 Å². The number of fused-ring (bicyclic) bond motifs is 1. The van der Waals surface area contributed by atoms with E-state index < -0.39 is 0 Å². The molecule has 5 nitrogen and oxygen atoms in total. The maximum absolute atomic E-state index is 12.5. The largest absolute Gasteiger partial charge is 0.490 e. The summed E-state index contributed by atoms with van der Waals surface area (Å²) in [5, 5.41) is 1.15. The van der Waals surface area contributed by atoms with Crippen molar-refractivity contribution in [2.75, 3.05) is 19.7 Å². The Hall–Kier alpha value is -2.92. The third kappa shape index (κ3) is 4.42. The molecule has 160 valence electrons. The van der Waals surface area contributed by atoms with Crippen LogP contribution in [0.5, 0.6) is 5.75 Å². The monoisotopic (exact) mass is 416 g/mol. The normalized spacial score (nSPS) is 19.6. The second-order valence-electron chi connectivity index (χ2n) is 8.59. The zero-order valence-corrected chi connectivity index (χ0v) is 17.9. The predicted molar refractivity (Wildman–Crippen MR) is 121 cm³/mol. The van der Waals surface area contributed by atoms with E-state index in [0.717, 1.165) is 66.6 Å². The van der Waals surface area contributed by atoms with Crippen LogP contribution >= 0.6 is 0 Å². The van der Waals surface area contributed by atoms with Gasteiger partial charge in [-0.2, -0.15) is 0 Å². The van der Waals surface area contributed by atoms with E-state index in [0.29, 0.717) is 6.61 Å². The van der Waals surface area contributed by atoms with E-state index in [-0.39, 0.29) is 18.1 Å². The summed E-state index contributed by atoms with van der Waals surface area (Å²) in [6, 6.07) is 16.7. The summed E-state index contributed by atoms with van der Waals surface area (Å²) < 4.78 is 11.7. The zero-order chi connectivity index (χ0) is 21.2. The number of aryl methyl sites for hydroxylation is 1. The minimum atomic E-state index is -0.224. The SMILES string of the molecule is Cc1ccc2ncc(-c3ccc(OC4CCN(C(=O)[C@H]5CCCO5)CC4)cc3)cc2c1. The van der Waals surface area contributed by atoms with Crippen molar-refractivity contribution in [3.8, 4) is 16.9 Å². The number of piperidine rings is 1. The summed E-state index contributed by atoms with van der Waals surface area (Å²) in [5.41, 5.74) is 4.48. The molecule has 0 aliphatic carbocycles. The van der Waals surface area contributed by atoms with Gasteiger partial charge in [0.25, 0.3) is 5.91 Å². The Bertz CT molecular complexity index is 1070. The Labute approximate surface area is 183 Å². The van der Waals surface area contributed by atoms with Crippen LogP contribution in [0.4, 0.5) is 0 Å². The average Bonchev–Trinajstić information content (AvgIpc) is 3.34. The smallest absolute Gasteiger partial charge is 0.251 e. The zero-order valence-electron chi connectivity index (χ0n) is 17.9. The lowest BCUT2D eigenvalue weighted by atomic mass is 10.0. The van der Waals surface area contributed by atoms with Gasteiger partial charge in [-0.25, -0.2) is 0 Å². The number of rotatable bonds is 4. The first kappa shape index (κ1) is 20.0. The molecule has 2 saturated heterocycles. The number of nitrogens with zero attached hydrogens (tertiary/aromatic N) is 2. The van der Waals surface area contributed by atoms with Crippen molar-refractivity contribution in [2.24, 2.45) is 0 Å². The number of amides is 1. The lowest BCUT2D eigenvalue weighted by Crippen LogP contribution is -2.45. The minimum absolute atomic E-state index is 0.143. The quantitative estimate of drug-likeness (QED) is 0.615. The van der Waals surface area contributed by atoms with Gasteiger partial charge < -0.3 is 14.4 Å². The fourth-order valence-electron chi connectivity index (χ4n) is 4.50. The molecule has 2 aliphatic rings. The van der Waals surface area contributed by atoms with E-state index in [9.17, 15) is 4.79 Å². The molecule has 2 fully saturated rings. The first-order valence-electron chi connectivity index (χ1n) is 11.2. The van der Waals surface area contributed by atoms with Gasteiger partial charge >= 0.3 is 0 Å². The topological polar surface area (TPSA) is 51.7 Å². The highest BCUT2D eigenvalue weighted by Crippen LogP contribution is 2.27. The summed E-state index contributed by atoms with van der Waals surface area (Å²) >= 11 is 0. The molecule has 1 aromatic heterocycles. The molecule has 5 heteroatoms. The fourth-order valence-corrected chi connectivity index (χ4v) is 4.50. The van der Waals surface area contributed by atoms with Gasteiger partial charge in [0.15, 0.2) is 0 Å². The van der Waals surface area contributed by atoms with E-state index in [1.54, 1.807) is 0 Å². The van der Waals surface area contributed by atoms with Crippen LogP contribution in [0, 0.1) is 6.92 Å². The van der Waals surface area contributed by atoms with Crippen LogP contribution in [0.25, 0.3) is 22.0 Å². The summed E-state index contributed by atoms with van der Waals surface area (Å²) in [5.74, 6) is 1.02. The minimum Gasteiger partial charge on any atom is -0.490 e. The highest BCUT2D eigenvalue weighted by Gasteiger charge is 2.31. The van der Waals surface area contributed by atoms with Crippen molar-refractivity contribution in [2.45, 2.75) is 44.8 Å². The molecule has 1 amide bonds. The lowest BCUT2D eigenvalue weighted by Gasteiger charge is -2.33. The number of likely N-dealkylation sites (tertiary alicyclic amines) is 1. The number of hydrogen-bond donors (Lipinski definition) is 0. The highest BCUT2D eigenvalue weighted by molar-refractivity contribution is 5.84. The molecular formula is C26H28N2O3. The lowest BCUT2D eigenvalue weighted by molar-refractivity contribution is -0.142. The molecule has 0 unspecified atom stereocenters.